The lowest BCUT2D eigenvalue weighted by Gasteiger charge is -2.10. The molecule has 0 atom stereocenters. The van der Waals surface area contributed by atoms with Gasteiger partial charge in [-0.1, -0.05) is 0 Å². The average molecular weight is 320 g/mol. The molecular weight excluding hydrogens is 311 g/mol. The number of benzene rings is 1. The van der Waals surface area contributed by atoms with E-state index in [2.05, 4.69) is 21.0 Å². The molecule has 0 saturated carbocycles. The largest absolute Gasteiger partial charge is 0.416 e. The number of alkyl halides is 3. The maximum Gasteiger partial charge on any atom is 0.416 e. The van der Waals surface area contributed by atoms with E-state index < -0.39 is 11.7 Å². The van der Waals surface area contributed by atoms with Gasteiger partial charge in [-0.05, 0) is 40.2 Å². The minimum absolute atomic E-state index is 0.240. The summed E-state index contributed by atoms with van der Waals surface area (Å²) in [5.41, 5.74) is 5.63. The first-order chi connectivity index (χ1) is 8.41. The number of rotatable bonds is 2. The summed E-state index contributed by atoms with van der Waals surface area (Å²) >= 11 is 3.21. The van der Waals surface area contributed by atoms with Gasteiger partial charge >= 0.3 is 6.18 Å². The van der Waals surface area contributed by atoms with Crippen molar-refractivity contribution in [2.45, 2.75) is 12.7 Å². The van der Waals surface area contributed by atoms with E-state index in [4.69, 9.17) is 5.73 Å². The van der Waals surface area contributed by atoms with Gasteiger partial charge in [0.15, 0.2) is 0 Å². The van der Waals surface area contributed by atoms with Crippen LogP contribution in [0.25, 0.3) is 5.69 Å². The molecule has 7 heteroatoms. The summed E-state index contributed by atoms with van der Waals surface area (Å²) in [5, 5.41) is 4.08. The van der Waals surface area contributed by atoms with Crippen molar-refractivity contribution in [3.63, 3.8) is 0 Å². The van der Waals surface area contributed by atoms with E-state index in [-0.39, 0.29) is 6.54 Å². The Bertz CT molecular complexity index is 563. The molecule has 2 N–H and O–H groups in total. The Kier molecular flexibility index (Phi) is 3.45. The van der Waals surface area contributed by atoms with Crippen LogP contribution in [0, 0.1) is 0 Å². The molecule has 0 saturated heterocycles. The summed E-state index contributed by atoms with van der Waals surface area (Å²) in [6.07, 6.45) is -2.80. The van der Waals surface area contributed by atoms with Gasteiger partial charge in [-0.3, -0.25) is 0 Å². The Labute approximate surface area is 110 Å². The number of aromatic nitrogens is 2. The van der Waals surface area contributed by atoms with Gasteiger partial charge in [0, 0.05) is 17.2 Å². The van der Waals surface area contributed by atoms with Gasteiger partial charge in [0.1, 0.15) is 0 Å². The van der Waals surface area contributed by atoms with Gasteiger partial charge in [0.25, 0.3) is 0 Å². The Balaban J connectivity index is 2.49. The Morgan fingerprint density at radius 1 is 1.28 bits per heavy atom. The molecule has 1 aromatic heterocycles. The van der Waals surface area contributed by atoms with E-state index in [0.29, 0.717) is 15.9 Å². The number of halogens is 4. The minimum atomic E-state index is -4.38. The molecule has 0 bridgehead atoms. The molecule has 0 aliphatic rings. The fourth-order valence-corrected chi connectivity index (χ4v) is 1.90. The Hall–Kier alpha value is -1.34. The molecule has 96 valence electrons. The standard InChI is InChI=1S/C11H9BrF3N3/c12-9-2-1-7(11(13,14)15)5-10(9)18-4-3-8(6-16)17-18/h1-5H,6,16H2. The number of hydrogen-bond acceptors (Lipinski definition) is 2. The zero-order valence-corrected chi connectivity index (χ0v) is 10.7. The third kappa shape index (κ3) is 2.56. The third-order valence-electron chi connectivity index (χ3n) is 2.37. The molecule has 3 nitrogen and oxygen atoms in total. The predicted molar refractivity (Wildman–Crippen MR) is 64.2 cm³/mol. The molecule has 0 amide bonds. The van der Waals surface area contributed by atoms with E-state index in [0.717, 1.165) is 12.1 Å². The van der Waals surface area contributed by atoms with Gasteiger partial charge in [-0.2, -0.15) is 18.3 Å². The summed E-state index contributed by atoms with van der Waals surface area (Å²) in [7, 11) is 0. The fourth-order valence-electron chi connectivity index (χ4n) is 1.47. The lowest BCUT2D eigenvalue weighted by molar-refractivity contribution is -0.137. The van der Waals surface area contributed by atoms with Crippen molar-refractivity contribution in [3.05, 3.63) is 46.2 Å². The lowest BCUT2D eigenvalue weighted by atomic mass is 10.2. The summed E-state index contributed by atoms with van der Waals surface area (Å²) in [6.45, 7) is 0.240. The van der Waals surface area contributed by atoms with Crippen LogP contribution in [-0.2, 0) is 12.7 Å². The average Bonchev–Trinajstić information content (AvgIpc) is 2.76. The molecule has 2 aromatic rings. The highest BCUT2D eigenvalue weighted by molar-refractivity contribution is 9.10. The van der Waals surface area contributed by atoms with Crippen LogP contribution < -0.4 is 5.73 Å². The summed E-state index contributed by atoms with van der Waals surface area (Å²) < 4.78 is 39.8. The van der Waals surface area contributed by atoms with Crippen LogP contribution in [0.3, 0.4) is 0 Å². The second-order valence-electron chi connectivity index (χ2n) is 3.62. The van der Waals surface area contributed by atoms with E-state index in [9.17, 15) is 13.2 Å². The zero-order valence-electron chi connectivity index (χ0n) is 9.08. The quantitative estimate of drug-likeness (QED) is 0.924. The Morgan fingerprint density at radius 3 is 2.56 bits per heavy atom. The van der Waals surface area contributed by atoms with Crippen molar-refractivity contribution < 1.29 is 13.2 Å². The molecule has 2 rings (SSSR count). The monoisotopic (exact) mass is 319 g/mol. The van der Waals surface area contributed by atoms with Crippen molar-refractivity contribution >= 4 is 15.9 Å². The molecule has 0 fully saturated rings. The summed E-state index contributed by atoms with van der Waals surface area (Å²) in [4.78, 5) is 0. The second-order valence-corrected chi connectivity index (χ2v) is 4.47. The zero-order chi connectivity index (χ0) is 13.3. The van der Waals surface area contributed by atoms with Crippen LogP contribution in [0.15, 0.2) is 34.9 Å². The predicted octanol–water partition coefficient (Wildman–Crippen LogP) is 3.11. The summed E-state index contributed by atoms with van der Waals surface area (Å²) in [5.74, 6) is 0. The van der Waals surface area contributed by atoms with Gasteiger partial charge < -0.3 is 5.73 Å². The first-order valence-corrected chi connectivity index (χ1v) is 5.83. The highest BCUT2D eigenvalue weighted by atomic mass is 79.9. The number of nitrogens with zero attached hydrogens (tertiary/aromatic N) is 2. The summed E-state index contributed by atoms with van der Waals surface area (Å²) in [6, 6.07) is 5.06. The van der Waals surface area contributed by atoms with Crippen LogP contribution in [0.1, 0.15) is 11.3 Å². The van der Waals surface area contributed by atoms with Crippen molar-refractivity contribution in [1.82, 2.24) is 9.78 Å². The van der Waals surface area contributed by atoms with E-state index >= 15 is 0 Å². The Morgan fingerprint density at radius 2 is 2.00 bits per heavy atom. The van der Waals surface area contributed by atoms with Crippen LogP contribution >= 0.6 is 15.9 Å². The van der Waals surface area contributed by atoms with Gasteiger partial charge in [-0.25, -0.2) is 4.68 Å². The molecule has 0 aliphatic carbocycles. The highest BCUT2D eigenvalue weighted by Gasteiger charge is 2.31. The number of nitrogens with two attached hydrogens (primary N) is 1. The highest BCUT2D eigenvalue weighted by Crippen LogP contribution is 2.33. The van der Waals surface area contributed by atoms with E-state index in [1.54, 1.807) is 12.3 Å². The molecule has 1 heterocycles. The maximum atomic E-state index is 12.6. The van der Waals surface area contributed by atoms with Crippen molar-refractivity contribution in [2.24, 2.45) is 5.73 Å². The van der Waals surface area contributed by atoms with Crippen LogP contribution in [0.4, 0.5) is 13.2 Å². The van der Waals surface area contributed by atoms with Gasteiger partial charge in [0.2, 0.25) is 0 Å². The second kappa shape index (κ2) is 4.74. The molecule has 0 radical (unpaired) electrons. The molecule has 1 aromatic carbocycles. The van der Waals surface area contributed by atoms with E-state index in [1.165, 1.54) is 10.7 Å². The van der Waals surface area contributed by atoms with Crippen molar-refractivity contribution in [2.75, 3.05) is 0 Å². The maximum absolute atomic E-state index is 12.6. The van der Waals surface area contributed by atoms with Gasteiger partial charge in [-0.15, -0.1) is 0 Å². The van der Waals surface area contributed by atoms with Crippen molar-refractivity contribution in [1.29, 1.82) is 0 Å². The third-order valence-corrected chi connectivity index (χ3v) is 3.04. The molecular formula is C11H9BrF3N3. The lowest BCUT2D eigenvalue weighted by Crippen LogP contribution is -2.07. The number of hydrogen-bond donors (Lipinski definition) is 1. The molecule has 18 heavy (non-hydrogen) atoms. The van der Waals surface area contributed by atoms with Crippen LogP contribution in [0.5, 0.6) is 0 Å². The normalized spacial score (nSPS) is 11.8. The first-order valence-electron chi connectivity index (χ1n) is 5.03. The van der Waals surface area contributed by atoms with Crippen molar-refractivity contribution in [3.8, 4) is 5.69 Å². The molecule has 0 aliphatic heterocycles. The fraction of sp³-hybridized carbons (Fsp3) is 0.182. The topological polar surface area (TPSA) is 43.8 Å². The molecule has 0 spiro atoms. The smallest absolute Gasteiger partial charge is 0.325 e. The minimum Gasteiger partial charge on any atom is -0.325 e. The first kappa shape index (κ1) is 13.1. The van der Waals surface area contributed by atoms with Crippen LogP contribution in [-0.4, -0.2) is 9.78 Å². The SMILES string of the molecule is NCc1ccn(-c2cc(C(F)(F)F)ccc2Br)n1. The van der Waals surface area contributed by atoms with E-state index in [1.807, 2.05) is 0 Å². The van der Waals surface area contributed by atoms with Crippen LogP contribution in [0.2, 0.25) is 0 Å². The molecule has 0 unspecified atom stereocenters. The van der Waals surface area contributed by atoms with Gasteiger partial charge in [0.05, 0.1) is 16.9 Å².